The van der Waals surface area contributed by atoms with E-state index in [1.165, 1.54) is 17.2 Å². The Balaban J connectivity index is 1.85. The van der Waals surface area contributed by atoms with Gasteiger partial charge in [0.25, 0.3) is 0 Å². The third-order valence-electron chi connectivity index (χ3n) is 4.16. The molecule has 1 atom stereocenters. The van der Waals surface area contributed by atoms with E-state index in [1.807, 2.05) is 12.1 Å². The first-order chi connectivity index (χ1) is 10.1. The van der Waals surface area contributed by atoms with Gasteiger partial charge in [0, 0.05) is 19.0 Å². The van der Waals surface area contributed by atoms with E-state index in [2.05, 4.69) is 38.3 Å². The monoisotopic (exact) mass is 346 g/mol. The summed E-state index contributed by atoms with van der Waals surface area (Å²) in [6, 6.07) is 11.0. The average molecular weight is 347 g/mol. The van der Waals surface area contributed by atoms with Gasteiger partial charge < -0.3 is 10.2 Å². The zero-order valence-corrected chi connectivity index (χ0v) is 12.7. The first-order valence-electron chi connectivity index (χ1n) is 6.77. The van der Waals surface area contributed by atoms with Gasteiger partial charge in [0.2, 0.25) is 5.91 Å². The van der Waals surface area contributed by atoms with Crippen molar-refractivity contribution in [3.8, 4) is 0 Å². The van der Waals surface area contributed by atoms with Gasteiger partial charge in [-0.25, -0.2) is 4.39 Å². The van der Waals surface area contributed by atoms with Crippen LogP contribution in [0.25, 0.3) is 0 Å². The lowest BCUT2D eigenvalue weighted by molar-refractivity contribution is -0.117. The number of carbonyl (C=O) groups is 1. The number of nitrogens with zero attached hydrogens (tertiary/aromatic N) is 1. The van der Waals surface area contributed by atoms with Crippen molar-refractivity contribution in [3.63, 3.8) is 0 Å². The number of carbonyl (C=O) groups excluding carboxylic acids is 1. The molecule has 4 rings (SSSR count). The minimum Gasteiger partial charge on any atom is -0.353 e. The van der Waals surface area contributed by atoms with Gasteiger partial charge in [0.15, 0.2) is 0 Å². The lowest BCUT2D eigenvalue weighted by Gasteiger charge is -2.41. The van der Waals surface area contributed by atoms with Gasteiger partial charge in [0.05, 0.1) is 15.8 Å². The first-order valence-corrected chi connectivity index (χ1v) is 7.56. The number of hydrogen-bond acceptors (Lipinski definition) is 2. The third kappa shape index (κ3) is 1.95. The lowest BCUT2D eigenvalue weighted by atomic mass is 9.91. The summed E-state index contributed by atoms with van der Waals surface area (Å²) in [5.74, 6) is -0.441. The molecule has 0 aromatic heterocycles. The van der Waals surface area contributed by atoms with Gasteiger partial charge >= 0.3 is 0 Å². The molecule has 5 heteroatoms. The summed E-state index contributed by atoms with van der Waals surface area (Å²) in [4.78, 5) is 14.4. The predicted octanol–water partition coefficient (Wildman–Crippen LogP) is 3.47. The van der Waals surface area contributed by atoms with E-state index >= 15 is 0 Å². The maximum absolute atomic E-state index is 13.7. The first kappa shape index (κ1) is 12.8. The second-order valence-corrected chi connectivity index (χ2v) is 6.24. The summed E-state index contributed by atoms with van der Waals surface area (Å²) in [7, 11) is 0. The van der Waals surface area contributed by atoms with Gasteiger partial charge in [-0.1, -0.05) is 24.3 Å². The van der Waals surface area contributed by atoms with E-state index < -0.39 is 0 Å². The van der Waals surface area contributed by atoms with E-state index in [-0.39, 0.29) is 17.8 Å². The van der Waals surface area contributed by atoms with Gasteiger partial charge in [-0.2, -0.15) is 0 Å². The maximum Gasteiger partial charge on any atom is 0.247 e. The molecule has 1 amide bonds. The van der Waals surface area contributed by atoms with Crippen molar-refractivity contribution < 1.29 is 9.18 Å². The number of anilines is 2. The Kier molecular flexibility index (Phi) is 2.79. The standard InChI is InChI=1S/C16H12BrFN2O/c17-11-6-14-13(7-12(11)18)19-16(21)15-5-9-3-1-2-4-10(9)8-20(14)15/h1-4,6-7,15H,5,8H2,(H,19,21). The summed E-state index contributed by atoms with van der Waals surface area (Å²) < 4.78 is 14.1. The van der Waals surface area contributed by atoms with E-state index in [0.29, 0.717) is 23.1 Å². The average Bonchev–Trinajstić information content (AvgIpc) is 2.48. The Morgan fingerprint density at radius 1 is 1.24 bits per heavy atom. The van der Waals surface area contributed by atoms with Crippen LogP contribution in [0.2, 0.25) is 0 Å². The summed E-state index contributed by atoms with van der Waals surface area (Å²) in [5.41, 5.74) is 3.83. The van der Waals surface area contributed by atoms with Crippen LogP contribution in [-0.4, -0.2) is 11.9 Å². The number of benzene rings is 2. The fourth-order valence-electron chi connectivity index (χ4n) is 3.10. The molecular formula is C16H12BrFN2O. The maximum atomic E-state index is 13.7. The van der Waals surface area contributed by atoms with Crippen molar-refractivity contribution in [2.45, 2.75) is 19.0 Å². The minimum absolute atomic E-state index is 0.0706. The molecule has 2 aromatic rings. The van der Waals surface area contributed by atoms with Crippen molar-refractivity contribution in [1.82, 2.24) is 0 Å². The second kappa shape index (κ2) is 4.56. The van der Waals surface area contributed by atoms with Gasteiger partial charge in [-0.3, -0.25) is 4.79 Å². The topological polar surface area (TPSA) is 32.3 Å². The third-order valence-corrected chi connectivity index (χ3v) is 4.76. The molecule has 3 nitrogen and oxygen atoms in total. The van der Waals surface area contributed by atoms with Crippen LogP contribution in [0.4, 0.5) is 15.8 Å². The molecule has 0 bridgehead atoms. The van der Waals surface area contributed by atoms with Crippen LogP contribution in [0, 0.1) is 5.82 Å². The van der Waals surface area contributed by atoms with Gasteiger partial charge in [-0.15, -0.1) is 0 Å². The number of fused-ring (bicyclic) bond motifs is 4. The SMILES string of the molecule is O=C1Nc2cc(F)c(Br)cc2N2Cc3ccccc3CC12. The minimum atomic E-state index is -0.370. The molecular weight excluding hydrogens is 335 g/mol. The molecule has 0 fully saturated rings. The fraction of sp³-hybridized carbons (Fsp3) is 0.188. The quantitative estimate of drug-likeness (QED) is 0.792. The fourth-order valence-corrected chi connectivity index (χ4v) is 3.43. The van der Waals surface area contributed by atoms with E-state index in [0.717, 1.165) is 5.69 Å². The highest BCUT2D eigenvalue weighted by Gasteiger charge is 2.37. The Morgan fingerprint density at radius 2 is 2.00 bits per heavy atom. The molecule has 106 valence electrons. The predicted molar refractivity (Wildman–Crippen MR) is 82.8 cm³/mol. The van der Waals surface area contributed by atoms with Gasteiger partial charge in [0.1, 0.15) is 11.9 Å². The Labute approximate surface area is 129 Å². The highest BCUT2D eigenvalue weighted by atomic mass is 79.9. The van der Waals surface area contributed by atoms with Crippen molar-refractivity contribution in [2.75, 3.05) is 10.2 Å². The molecule has 1 N–H and O–H groups in total. The molecule has 0 saturated carbocycles. The number of halogens is 2. The highest BCUT2D eigenvalue weighted by molar-refractivity contribution is 9.10. The van der Waals surface area contributed by atoms with E-state index in [1.54, 1.807) is 6.07 Å². The van der Waals surface area contributed by atoms with E-state index in [4.69, 9.17) is 0 Å². The van der Waals surface area contributed by atoms with Crippen LogP contribution in [0.15, 0.2) is 40.9 Å². The number of hydrogen-bond donors (Lipinski definition) is 1. The normalized spacial score (nSPS) is 19.4. The van der Waals surface area contributed by atoms with Crippen LogP contribution in [0.5, 0.6) is 0 Å². The molecule has 2 aliphatic rings. The number of rotatable bonds is 0. The molecule has 2 aromatic carbocycles. The van der Waals surface area contributed by atoms with Crippen LogP contribution >= 0.6 is 15.9 Å². The number of amides is 1. The van der Waals surface area contributed by atoms with Crippen molar-refractivity contribution in [2.24, 2.45) is 0 Å². The van der Waals surface area contributed by atoms with Crippen molar-refractivity contribution in [1.29, 1.82) is 0 Å². The van der Waals surface area contributed by atoms with Crippen LogP contribution in [0.1, 0.15) is 11.1 Å². The van der Waals surface area contributed by atoms with Gasteiger partial charge in [-0.05, 0) is 33.1 Å². The second-order valence-electron chi connectivity index (χ2n) is 5.39. The van der Waals surface area contributed by atoms with Crippen LogP contribution in [0.3, 0.4) is 0 Å². The molecule has 2 aliphatic heterocycles. The summed E-state index contributed by atoms with van der Waals surface area (Å²) in [5, 5.41) is 2.82. The summed E-state index contributed by atoms with van der Waals surface area (Å²) in [6.07, 6.45) is 0.677. The van der Waals surface area contributed by atoms with Crippen molar-refractivity contribution >= 4 is 33.2 Å². The van der Waals surface area contributed by atoms with Crippen molar-refractivity contribution in [3.05, 3.63) is 57.8 Å². The molecule has 1 unspecified atom stereocenters. The Bertz CT molecular complexity index is 762. The molecule has 21 heavy (non-hydrogen) atoms. The Hall–Kier alpha value is -1.88. The summed E-state index contributed by atoms with van der Waals surface area (Å²) >= 11 is 3.22. The molecule has 0 radical (unpaired) electrons. The Morgan fingerprint density at radius 3 is 2.81 bits per heavy atom. The van der Waals surface area contributed by atoms with E-state index in [9.17, 15) is 9.18 Å². The largest absolute Gasteiger partial charge is 0.353 e. The molecule has 2 heterocycles. The number of nitrogens with one attached hydrogen (secondary N) is 1. The smallest absolute Gasteiger partial charge is 0.247 e. The van der Waals surface area contributed by atoms with Crippen LogP contribution in [-0.2, 0) is 17.8 Å². The highest BCUT2D eigenvalue weighted by Crippen LogP contribution is 2.39. The molecule has 0 spiro atoms. The zero-order valence-electron chi connectivity index (χ0n) is 11.1. The summed E-state index contributed by atoms with van der Waals surface area (Å²) in [6.45, 7) is 0.666. The van der Waals surface area contributed by atoms with Crippen LogP contribution < -0.4 is 10.2 Å². The molecule has 0 aliphatic carbocycles. The molecule has 0 saturated heterocycles. The zero-order chi connectivity index (χ0) is 14.6. The lowest BCUT2D eigenvalue weighted by Crippen LogP contribution is -2.51.